The Hall–Kier alpha value is -1.82. The molecule has 5 heteroatoms. The van der Waals surface area contributed by atoms with Gasteiger partial charge in [-0.1, -0.05) is 42.1 Å². The number of carbonyl (C=O) groups excluding carboxylic acids is 1. The standard InChI is InChI=1S/C18H21N3OS/c22-18(14-21-12-10-19-11-13-21)20-16-8-4-5-9-17(16)23-15-6-2-1-3-7-15/h1-9,19H,10-14H2,(H,20,22). The van der Waals surface area contributed by atoms with Crippen molar-refractivity contribution in [1.29, 1.82) is 0 Å². The first-order valence-corrected chi connectivity index (χ1v) is 8.68. The minimum Gasteiger partial charge on any atom is -0.324 e. The van der Waals surface area contributed by atoms with Crippen LogP contribution >= 0.6 is 11.8 Å². The van der Waals surface area contributed by atoms with E-state index in [1.807, 2.05) is 42.5 Å². The van der Waals surface area contributed by atoms with Gasteiger partial charge in [-0.2, -0.15) is 0 Å². The molecule has 0 bridgehead atoms. The summed E-state index contributed by atoms with van der Waals surface area (Å²) in [5, 5.41) is 6.35. The van der Waals surface area contributed by atoms with E-state index in [4.69, 9.17) is 0 Å². The fraction of sp³-hybridized carbons (Fsp3) is 0.278. The van der Waals surface area contributed by atoms with Gasteiger partial charge in [0.05, 0.1) is 12.2 Å². The SMILES string of the molecule is O=C(CN1CCNCC1)Nc1ccccc1Sc1ccccc1. The van der Waals surface area contributed by atoms with Gasteiger partial charge in [0.15, 0.2) is 0 Å². The number of anilines is 1. The predicted octanol–water partition coefficient (Wildman–Crippen LogP) is 2.68. The van der Waals surface area contributed by atoms with Crippen LogP contribution in [0.25, 0.3) is 0 Å². The van der Waals surface area contributed by atoms with Crippen LogP contribution in [0.2, 0.25) is 0 Å². The van der Waals surface area contributed by atoms with Crippen molar-refractivity contribution in [1.82, 2.24) is 10.2 Å². The Kier molecular flexibility index (Phi) is 5.69. The maximum Gasteiger partial charge on any atom is 0.238 e. The first kappa shape index (κ1) is 16.1. The Morgan fingerprint density at radius 3 is 2.52 bits per heavy atom. The van der Waals surface area contributed by atoms with Crippen LogP contribution in [0.1, 0.15) is 0 Å². The lowest BCUT2D eigenvalue weighted by Gasteiger charge is -2.26. The van der Waals surface area contributed by atoms with Gasteiger partial charge in [-0.25, -0.2) is 0 Å². The van der Waals surface area contributed by atoms with E-state index in [0.717, 1.165) is 41.7 Å². The van der Waals surface area contributed by atoms with Crippen molar-refractivity contribution in [3.63, 3.8) is 0 Å². The third-order valence-corrected chi connectivity index (χ3v) is 4.79. The Balaban J connectivity index is 1.64. The molecule has 2 aromatic carbocycles. The Morgan fingerprint density at radius 1 is 1.04 bits per heavy atom. The highest BCUT2D eigenvalue weighted by Crippen LogP contribution is 2.33. The van der Waals surface area contributed by atoms with E-state index in [1.165, 1.54) is 0 Å². The smallest absolute Gasteiger partial charge is 0.238 e. The number of carbonyl (C=O) groups is 1. The molecular weight excluding hydrogens is 306 g/mol. The molecule has 0 saturated carbocycles. The van der Waals surface area contributed by atoms with Gasteiger partial charge in [-0.3, -0.25) is 9.69 Å². The van der Waals surface area contributed by atoms with Crippen molar-refractivity contribution in [2.45, 2.75) is 9.79 Å². The molecule has 0 unspecified atom stereocenters. The monoisotopic (exact) mass is 327 g/mol. The van der Waals surface area contributed by atoms with Crippen molar-refractivity contribution < 1.29 is 4.79 Å². The van der Waals surface area contributed by atoms with Crippen LogP contribution in [0.15, 0.2) is 64.4 Å². The summed E-state index contributed by atoms with van der Waals surface area (Å²) < 4.78 is 0. The fourth-order valence-corrected chi connectivity index (χ4v) is 3.46. The molecule has 1 aliphatic rings. The van der Waals surface area contributed by atoms with Crippen LogP contribution < -0.4 is 10.6 Å². The van der Waals surface area contributed by atoms with Crippen molar-refractivity contribution in [2.24, 2.45) is 0 Å². The quantitative estimate of drug-likeness (QED) is 0.886. The molecule has 1 amide bonds. The molecular formula is C18H21N3OS. The lowest BCUT2D eigenvalue weighted by Crippen LogP contribution is -2.46. The number of nitrogens with zero attached hydrogens (tertiary/aromatic N) is 1. The van der Waals surface area contributed by atoms with Gasteiger partial charge in [0, 0.05) is 36.0 Å². The van der Waals surface area contributed by atoms with Crippen molar-refractivity contribution >= 4 is 23.4 Å². The summed E-state index contributed by atoms with van der Waals surface area (Å²) in [6.07, 6.45) is 0. The van der Waals surface area contributed by atoms with E-state index >= 15 is 0 Å². The van der Waals surface area contributed by atoms with Crippen LogP contribution in [0.3, 0.4) is 0 Å². The first-order chi connectivity index (χ1) is 11.3. The van der Waals surface area contributed by atoms with E-state index in [0.29, 0.717) is 6.54 Å². The number of amides is 1. The summed E-state index contributed by atoms with van der Waals surface area (Å²) in [6.45, 7) is 4.20. The summed E-state index contributed by atoms with van der Waals surface area (Å²) in [6, 6.07) is 18.1. The molecule has 0 aromatic heterocycles. The number of nitrogens with one attached hydrogen (secondary N) is 2. The average Bonchev–Trinajstić information content (AvgIpc) is 2.58. The molecule has 0 radical (unpaired) electrons. The third-order valence-electron chi connectivity index (χ3n) is 3.71. The maximum atomic E-state index is 12.3. The van der Waals surface area contributed by atoms with Crippen molar-refractivity contribution in [3.05, 3.63) is 54.6 Å². The van der Waals surface area contributed by atoms with Crippen LogP contribution in [-0.2, 0) is 4.79 Å². The van der Waals surface area contributed by atoms with Gasteiger partial charge in [0.25, 0.3) is 0 Å². The molecule has 1 saturated heterocycles. The normalized spacial score (nSPS) is 15.3. The molecule has 2 aromatic rings. The summed E-state index contributed by atoms with van der Waals surface area (Å²) in [4.78, 5) is 16.7. The topological polar surface area (TPSA) is 44.4 Å². The van der Waals surface area contributed by atoms with Gasteiger partial charge in [-0.05, 0) is 24.3 Å². The van der Waals surface area contributed by atoms with Gasteiger partial charge < -0.3 is 10.6 Å². The third kappa shape index (κ3) is 4.82. The number of piperazine rings is 1. The number of rotatable bonds is 5. The number of para-hydroxylation sites is 1. The molecule has 1 heterocycles. The minimum atomic E-state index is 0.0491. The summed E-state index contributed by atoms with van der Waals surface area (Å²) in [5.74, 6) is 0.0491. The molecule has 0 spiro atoms. The highest BCUT2D eigenvalue weighted by Gasteiger charge is 2.14. The minimum absolute atomic E-state index is 0.0491. The van der Waals surface area contributed by atoms with Crippen LogP contribution in [-0.4, -0.2) is 43.5 Å². The average molecular weight is 327 g/mol. The predicted molar refractivity (Wildman–Crippen MR) is 94.9 cm³/mol. The van der Waals surface area contributed by atoms with Gasteiger partial charge in [-0.15, -0.1) is 0 Å². The molecule has 1 aliphatic heterocycles. The summed E-state index contributed by atoms with van der Waals surface area (Å²) in [7, 11) is 0. The first-order valence-electron chi connectivity index (χ1n) is 7.86. The Morgan fingerprint density at radius 2 is 1.74 bits per heavy atom. The van der Waals surface area contributed by atoms with Crippen molar-refractivity contribution in [3.8, 4) is 0 Å². The zero-order chi connectivity index (χ0) is 15.9. The second kappa shape index (κ2) is 8.15. The second-order valence-corrected chi connectivity index (χ2v) is 6.60. The lowest BCUT2D eigenvalue weighted by atomic mass is 10.3. The number of benzene rings is 2. The zero-order valence-electron chi connectivity index (χ0n) is 13.0. The largest absolute Gasteiger partial charge is 0.324 e. The Labute approximate surface area is 141 Å². The molecule has 4 nitrogen and oxygen atoms in total. The van der Waals surface area contributed by atoms with Crippen LogP contribution in [0.4, 0.5) is 5.69 Å². The summed E-state index contributed by atoms with van der Waals surface area (Å²) in [5.41, 5.74) is 0.876. The second-order valence-electron chi connectivity index (χ2n) is 5.49. The highest BCUT2D eigenvalue weighted by atomic mass is 32.2. The molecule has 0 atom stereocenters. The van der Waals surface area contributed by atoms with E-state index in [2.05, 4.69) is 27.7 Å². The highest BCUT2D eigenvalue weighted by molar-refractivity contribution is 7.99. The molecule has 1 fully saturated rings. The molecule has 23 heavy (non-hydrogen) atoms. The number of hydrogen-bond acceptors (Lipinski definition) is 4. The van der Waals surface area contributed by atoms with E-state index in [9.17, 15) is 4.79 Å². The number of hydrogen-bond donors (Lipinski definition) is 2. The molecule has 2 N–H and O–H groups in total. The van der Waals surface area contributed by atoms with Gasteiger partial charge in [0.1, 0.15) is 0 Å². The van der Waals surface area contributed by atoms with Gasteiger partial charge >= 0.3 is 0 Å². The van der Waals surface area contributed by atoms with Crippen LogP contribution in [0.5, 0.6) is 0 Å². The maximum absolute atomic E-state index is 12.3. The van der Waals surface area contributed by atoms with E-state index < -0.39 is 0 Å². The zero-order valence-corrected chi connectivity index (χ0v) is 13.8. The van der Waals surface area contributed by atoms with Gasteiger partial charge in [0.2, 0.25) is 5.91 Å². The molecule has 3 rings (SSSR count). The van der Waals surface area contributed by atoms with Crippen LogP contribution in [0, 0.1) is 0 Å². The van der Waals surface area contributed by atoms with E-state index in [1.54, 1.807) is 11.8 Å². The Bertz CT molecular complexity index is 642. The molecule has 120 valence electrons. The molecule has 0 aliphatic carbocycles. The van der Waals surface area contributed by atoms with Crippen molar-refractivity contribution in [2.75, 3.05) is 38.0 Å². The summed E-state index contributed by atoms with van der Waals surface area (Å²) >= 11 is 1.66. The van der Waals surface area contributed by atoms with E-state index in [-0.39, 0.29) is 5.91 Å². The lowest BCUT2D eigenvalue weighted by molar-refractivity contribution is -0.117. The fourth-order valence-electron chi connectivity index (χ4n) is 2.54.